The summed E-state index contributed by atoms with van der Waals surface area (Å²) in [6.45, 7) is 4.16. The molecule has 4 nitrogen and oxygen atoms in total. The van der Waals surface area contributed by atoms with E-state index in [0.717, 1.165) is 25.7 Å². The first kappa shape index (κ1) is 15.9. The number of hydrogen-bond acceptors (Lipinski definition) is 4. The van der Waals surface area contributed by atoms with E-state index in [1.807, 2.05) is 0 Å². The monoisotopic (exact) mass is 282 g/mol. The minimum Gasteiger partial charge on any atom is -0.355 e. The second kappa shape index (κ2) is 6.99. The zero-order valence-corrected chi connectivity index (χ0v) is 13.4. The molecule has 0 aromatic heterocycles. The molecule has 0 atom stereocenters. The standard InChI is InChI=1S/C16H30N2O2/c1-14(2)20-16(12-8-5-9-13-16)18-17-15(19-3)10-6-4-7-11-15/h14H,4-13H2,1-3H3. The first-order chi connectivity index (χ1) is 9.60. The zero-order valence-electron chi connectivity index (χ0n) is 13.4. The van der Waals surface area contributed by atoms with E-state index in [1.54, 1.807) is 7.11 Å². The van der Waals surface area contributed by atoms with Gasteiger partial charge in [-0.2, -0.15) is 10.2 Å². The molecule has 0 heterocycles. The van der Waals surface area contributed by atoms with Gasteiger partial charge in [0.05, 0.1) is 6.10 Å². The van der Waals surface area contributed by atoms with E-state index in [-0.39, 0.29) is 11.8 Å². The number of nitrogens with zero attached hydrogens (tertiary/aromatic N) is 2. The van der Waals surface area contributed by atoms with Crippen LogP contribution >= 0.6 is 0 Å². The number of rotatable bonds is 5. The van der Waals surface area contributed by atoms with Gasteiger partial charge >= 0.3 is 0 Å². The molecule has 0 spiro atoms. The van der Waals surface area contributed by atoms with Crippen LogP contribution < -0.4 is 0 Å². The van der Waals surface area contributed by atoms with Crippen LogP contribution in [0.2, 0.25) is 0 Å². The Labute approximate surface area is 123 Å². The first-order valence-electron chi connectivity index (χ1n) is 8.27. The van der Waals surface area contributed by atoms with Gasteiger partial charge in [-0.05, 0) is 65.2 Å². The maximum absolute atomic E-state index is 6.14. The molecule has 116 valence electrons. The van der Waals surface area contributed by atoms with Crippen molar-refractivity contribution in [1.29, 1.82) is 0 Å². The molecule has 0 aromatic rings. The molecule has 2 saturated carbocycles. The summed E-state index contributed by atoms with van der Waals surface area (Å²) in [5, 5.41) is 9.36. The molecule has 2 aliphatic rings. The number of ether oxygens (including phenoxy) is 2. The Balaban J connectivity index is 2.10. The van der Waals surface area contributed by atoms with Crippen molar-refractivity contribution in [2.45, 2.75) is 95.6 Å². The van der Waals surface area contributed by atoms with Crippen molar-refractivity contribution in [3.8, 4) is 0 Å². The molecule has 0 aromatic carbocycles. The van der Waals surface area contributed by atoms with Crippen LogP contribution in [0.15, 0.2) is 10.2 Å². The third-order valence-electron chi connectivity index (χ3n) is 4.52. The maximum atomic E-state index is 6.14. The Bertz CT molecular complexity index is 316. The van der Waals surface area contributed by atoms with Gasteiger partial charge in [0.1, 0.15) is 0 Å². The lowest BCUT2D eigenvalue weighted by Gasteiger charge is -2.36. The number of hydrogen-bond donors (Lipinski definition) is 0. The Kier molecular flexibility index (Phi) is 5.56. The largest absolute Gasteiger partial charge is 0.355 e. The average Bonchev–Trinajstić information content (AvgIpc) is 2.47. The third kappa shape index (κ3) is 4.01. The fourth-order valence-electron chi connectivity index (χ4n) is 3.42. The molecular weight excluding hydrogens is 252 g/mol. The van der Waals surface area contributed by atoms with Crippen LogP contribution in [0.25, 0.3) is 0 Å². The Morgan fingerprint density at radius 3 is 1.65 bits per heavy atom. The summed E-state index contributed by atoms with van der Waals surface area (Å²) in [7, 11) is 1.77. The topological polar surface area (TPSA) is 43.2 Å². The van der Waals surface area contributed by atoms with Crippen LogP contribution in [0.4, 0.5) is 0 Å². The minimum atomic E-state index is -0.393. The van der Waals surface area contributed by atoms with E-state index in [0.29, 0.717) is 0 Å². The number of azo groups is 1. The van der Waals surface area contributed by atoms with Gasteiger partial charge in [0, 0.05) is 7.11 Å². The van der Waals surface area contributed by atoms with Crippen molar-refractivity contribution in [3.05, 3.63) is 0 Å². The second-order valence-electron chi connectivity index (χ2n) is 6.58. The SMILES string of the molecule is COC1(N=NC2(OC(C)C)CCCCC2)CCCCC1. The van der Waals surface area contributed by atoms with Gasteiger partial charge in [-0.25, -0.2) is 0 Å². The van der Waals surface area contributed by atoms with Gasteiger partial charge in [0.25, 0.3) is 0 Å². The highest BCUT2D eigenvalue weighted by atomic mass is 16.5. The predicted molar refractivity (Wildman–Crippen MR) is 79.7 cm³/mol. The normalized spacial score (nSPS) is 26.2. The Morgan fingerprint density at radius 2 is 1.20 bits per heavy atom. The van der Waals surface area contributed by atoms with Crippen molar-refractivity contribution in [2.75, 3.05) is 7.11 Å². The highest BCUT2D eigenvalue weighted by molar-refractivity contribution is 4.85. The Hall–Kier alpha value is -0.480. The van der Waals surface area contributed by atoms with Crippen LogP contribution in [-0.2, 0) is 9.47 Å². The highest BCUT2D eigenvalue weighted by Crippen LogP contribution is 2.38. The smallest absolute Gasteiger partial charge is 0.179 e. The fraction of sp³-hybridized carbons (Fsp3) is 1.00. The quantitative estimate of drug-likeness (QED) is 0.678. The summed E-state index contributed by atoms with van der Waals surface area (Å²) < 4.78 is 11.8. The van der Waals surface area contributed by atoms with Gasteiger partial charge in [-0.3, -0.25) is 0 Å². The summed E-state index contributed by atoms with van der Waals surface area (Å²) in [5.74, 6) is 0. The molecule has 2 fully saturated rings. The van der Waals surface area contributed by atoms with E-state index >= 15 is 0 Å². The summed E-state index contributed by atoms with van der Waals surface area (Å²) in [5.41, 5.74) is -0.779. The molecule has 0 saturated heterocycles. The van der Waals surface area contributed by atoms with Gasteiger partial charge in [0.15, 0.2) is 11.4 Å². The third-order valence-corrected chi connectivity index (χ3v) is 4.52. The second-order valence-corrected chi connectivity index (χ2v) is 6.58. The van der Waals surface area contributed by atoms with Crippen LogP contribution in [0.1, 0.15) is 78.1 Å². The molecule has 2 rings (SSSR count). The van der Waals surface area contributed by atoms with Crippen LogP contribution in [0.5, 0.6) is 0 Å². The van der Waals surface area contributed by atoms with Crippen molar-refractivity contribution in [1.82, 2.24) is 0 Å². The number of methoxy groups -OCH3 is 1. The molecule has 0 radical (unpaired) electrons. The molecule has 20 heavy (non-hydrogen) atoms. The molecule has 4 heteroatoms. The minimum absolute atomic E-state index is 0.192. The van der Waals surface area contributed by atoms with Crippen LogP contribution in [0, 0.1) is 0 Å². The summed E-state index contributed by atoms with van der Waals surface area (Å²) in [6.07, 6.45) is 11.5. The van der Waals surface area contributed by atoms with Crippen molar-refractivity contribution < 1.29 is 9.47 Å². The zero-order chi connectivity index (χ0) is 14.5. The molecule has 0 aliphatic heterocycles. The summed E-state index contributed by atoms with van der Waals surface area (Å²) in [6, 6.07) is 0. The lowest BCUT2D eigenvalue weighted by molar-refractivity contribution is -0.110. The van der Waals surface area contributed by atoms with Gasteiger partial charge in [-0.1, -0.05) is 12.8 Å². The van der Waals surface area contributed by atoms with Crippen molar-refractivity contribution >= 4 is 0 Å². The van der Waals surface area contributed by atoms with E-state index < -0.39 is 5.72 Å². The first-order valence-corrected chi connectivity index (χ1v) is 8.27. The fourth-order valence-corrected chi connectivity index (χ4v) is 3.42. The summed E-state index contributed by atoms with van der Waals surface area (Å²) in [4.78, 5) is 0. The van der Waals surface area contributed by atoms with E-state index in [1.165, 1.54) is 38.5 Å². The van der Waals surface area contributed by atoms with Gasteiger partial charge in [0.2, 0.25) is 0 Å². The van der Waals surface area contributed by atoms with Crippen molar-refractivity contribution in [3.63, 3.8) is 0 Å². The van der Waals surface area contributed by atoms with Gasteiger partial charge in [-0.15, -0.1) is 0 Å². The molecule has 0 amide bonds. The molecule has 2 aliphatic carbocycles. The lowest BCUT2D eigenvalue weighted by Crippen LogP contribution is -2.37. The molecule has 0 bridgehead atoms. The van der Waals surface area contributed by atoms with Crippen molar-refractivity contribution in [2.24, 2.45) is 10.2 Å². The molecule has 0 N–H and O–H groups in total. The van der Waals surface area contributed by atoms with Gasteiger partial charge < -0.3 is 9.47 Å². The molecular formula is C16H30N2O2. The van der Waals surface area contributed by atoms with Crippen LogP contribution in [0.3, 0.4) is 0 Å². The Morgan fingerprint density at radius 1 is 0.750 bits per heavy atom. The highest BCUT2D eigenvalue weighted by Gasteiger charge is 2.37. The predicted octanol–water partition coefficient (Wildman–Crippen LogP) is 4.83. The van der Waals surface area contributed by atoms with Crippen LogP contribution in [-0.4, -0.2) is 24.7 Å². The summed E-state index contributed by atoms with van der Waals surface area (Å²) >= 11 is 0. The maximum Gasteiger partial charge on any atom is 0.179 e. The average molecular weight is 282 g/mol. The van der Waals surface area contributed by atoms with E-state index in [4.69, 9.17) is 14.6 Å². The molecule has 0 unspecified atom stereocenters. The van der Waals surface area contributed by atoms with E-state index in [9.17, 15) is 0 Å². The lowest BCUT2D eigenvalue weighted by atomic mass is 9.91. The van der Waals surface area contributed by atoms with E-state index in [2.05, 4.69) is 19.0 Å².